The third-order valence-electron chi connectivity index (χ3n) is 7.64. The molecule has 0 saturated heterocycles. The number of carbonyl (C=O) groups excluding carboxylic acids is 5. The van der Waals surface area contributed by atoms with E-state index in [9.17, 15) is 43.8 Å². The van der Waals surface area contributed by atoms with Crippen LogP contribution in [0.2, 0.25) is 1.41 Å². The summed E-state index contributed by atoms with van der Waals surface area (Å²) < 4.78 is 8.65. The summed E-state index contributed by atoms with van der Waals surface area (Å²) in [6, 6.07) is 0.252. The number of imidazole rings is 1. The molecule has 6 atom stereocenters. The van der Waals surface area contributed by atoms with Crippen molar-refractivity contribution >= 4 is 66.7 Å². The van der Waals surface area contributed by atoms with E-state index in [1.807, 2.05) is 0 Å². The van der Waals surface area contributed by atoms with Gasteiger partial charge in [0.15, 0.2) is 1.41 Å². The number of thiol groups is 2. The number of benzene rings is 1. The Labute approximate surface area is 312 Å². The minimum atomic E-state index is -1.62. The molecule has 5 amide bonds. The maximum absolute atomic E-state index is 13.8. The van der Waals surface area contributed by atoms with E-state index in [1.165, 1.54) is 12.5 Å². The highest BCUT2D eigenvalue weighted by molar-refractivity contribution is 7.80. The Morgan fingerprint density at radius 3 is 1.92 bits per heavy atom. The summed E-state index contributed by atoms with van der Waals surface area (Å²) in [7, 11) is 0. The van der Waals surface area contributed by atoms with Crippen LogP contribution in [0, 0.1) is 0 Å². The molecule has 1 aromatic carbocycles. The van der Waals surface area contributed by atoms with Crippen molar-refractivity contribution in [2.45, 2.75) is 81.2 Å². The lowest BCUT2D eigenvalue weighted by Crippen LogP contribution is -2.60. The van der Waals surface area contributed by atoms with Gasteiger partial charge < -0.3 is 53.2 Å². The van der Waals surface area contributed by atoms with Crippen molar-refractivity contribution in [3.05, 3.63) is 54.1 Å². The van der Waals surface area contributed by atoms with Gasteiger partial charge in [-0.25, -0.2) is 9.78 Å². The Morgan fingerprint density at radius 2 is 1.37 bits per heavy atom. The lowest BCUT2D eigenvalue weighted by Gasteiger charge is -2.26. The van der Waals surface area contributed by atoms with Gasteiger partial charge in [0.05, 0.1) is 12.4 Å². The van der Waals surface area contributed by atoms with Crippen LogP contribution in [0.4, 0.5) is 0 Å². The van der Waals surface area contributed by atoms with Crippen molar-refractivity contribution in [1.82, 2.24) is 36.5 Å². The molecule has 52 heavy (non-hydrogen) atoms. The number of nitrogens with one attached hydrogen (secondary N) is 6. The SMILES string of the molecule is [2H]N(C(=O)[C@H](Cc1cnc[nH]1)NC(=O)[C@H](CCC(=O)O)NC(=O)[C@@H](N)CS)[C@@H](CS)C(=O)N[C@@H](CCCCN)C(=O)N[C@@H](Cc1ccccc1)C(=O)O. The minimum Gasteiger partial charge on any atom is -0.481 e. The number of carboxylic acid groups (broad SMARTS) is 2. The topological polar surface area (TPSA) is 301 Å². The van der Waals surface area contributed by atoms with Gasteiger partial charge in [-0.2, -0.15) is 25.3 Å². The maximum Gasteiger partial charge on any atom is 0.326 e. The molecule has 0 fully saturated rings. The molecular weight excluding hydrogens is 719 g/mol. The summed E-state index contributed by atoms with van der Waals surface area (Å²) in [5.74, 6) is -7.69. The van der Waals surface area contributed by atoms with Gasteiger partial charge in [0, 0.05) is 42.7 Å². The summed E-state index contributed by atoms with van der Waals surface area (Å²) >= 11 is 8.12. The summed E-state index contributed by atoms with van der Waals surface area (Å²) in [5, 5.41) is 29.0. The fraction of sp³-hybridized carbons (Fsp3) is 0.500. The highest BCUT2D eigenvalue weighted by Crippen LogP contribution is 2.08. The third kappa shape index (κ3) is 15.3. The van der Waals surface area contributed by atoms with Gasteiger partial charge in [-0.15, -0.1) is 0 Å². The Bertz CT molecular complexity index is 1520. The number of hydrogen-bond donors (Lipinski definition) is 12. The Morgan fingerprint density at radius 1 is 0.769 bits per heavy atom. The fourth-order valence-corrected chi connectivity index (χ4v) is 5.18. The molecule has 0 spiro atoms. The molecule has 0 aliphatic rings. The van der Waals surface area contributed by atoms with E-state index in [2.05, 4.69) is 56.5 Å². The van der Waals surface area contributed by atoms with E-state index in [0.29, 0.717) is 24.1 Å². The predicted octanol–water partition coefficient (Wildman–Crippen LogP) is -2.12. The molecule has 12 N–H and O–H groups in total. The van der Waals surface area contributed by atoms with E-state index in [4.69, 9.17) is 12.9 Å². The molecule has 0 radical (unpaired) electrons. The normalized spacial score (nSPS) is 14.7. The first-order chi connectivity index (χ1) is 25.2. The van der Waals surface area contributed by atoms with Crippen molar-refractivity contribution in [1.29, 1.82) is 0 Å². The molecule has 0 aliphatic carbocycles. The molecule has 1 heterocycles. The smallest absolute Gasteiger partial charge is 0.326 e. The summed E-state index contributed by atoms with van der Waals surface area (Å²) in [4.78, 5) is 96.6. The van der Waals surface area contributed by atoms with Crippen LogP contribution >= 0.6 is 25.3 Å². The van der Waals surface area contributed by atoms with Crippen molar-refractivity contribution in [3.63, 3.8) is 0 Å². The third-order valence-corrected chi connectivity index (χ3v) is 8.38. The molecule has 286 valence electrons. The van der Waals surface area contributed by atoms with E-state index in [1.54, 1.807) is 30.3 Å². The van der Waals surface area contributed by atoms with Crippen LogP contribution in [-0.4, -0.2) is 116 Å². The number of H-pyrrole nitrogens is 1. The summed E-state index contributed by atoms with van der Waals surface area (Å²) in [6.07, 6.45) is 2.36. The molecule has 20 heteroatoms. The van der Waals surface area contributed by atoms with Crippen LogP contribution in [-0.2, 0) is 46.4 Å². The van der Waals surface area contributed by atoms with Crippen LogP contribution in [0.5, 0.6) is 0 Å². The lowest BCUT2D eigenvalue weighted by atomic mass is 10.0. The van der Waals surface area contributed by atoms with Gasteiger partial charge in [-0.3, -0.25) is 28.8 Å². The average Bonchev–Trinajstić information content (AvgIpc) is 3.65. The zero-order chi connectivity index (χ0) is 39.5. The van der Waals surface area contributed by atoms with Gasteiger partial charge in [0.2, 0.25) is 29.5 Å². The molecule has 2 aromatic rings. The van der Waals surface area contributed by atoms with Crippen LogP contribution < -0.4 is 38.0 Å². The molecule has 0 bridgehead atoms. The van der Waals surface area contributed by atoms with E-state index in [0.717, 1.165) is 0 Å². The summed E-state index contributed by atoms with van der Waals surface area (Å²) in [5.41, 5.74) is 12.3. The summed E-state index contributed by atoms with van der Waals surface area (Å²) in [6.45, 7) is 0.286. The number of carbonyl (C=O) groups is 7. The Balaban J connectivity index is 2.31. The second-order valence-corrected chi connectivity index (χ2v) is 12.5. The number of aliphatic carboxylic acids is 2. The average molecular weight is 767 g/mol. The number of nitrogens with two attached hydrogens (primary N) is 2. The first-order valence-corrected chi connectivity index (χ1v) is 17.6. The quantitative estimate of drug-likeness (QED) is 0.0404. The number of hydrogen-bond acceptors (Lipinski definition) is 12. The molecule has 0 unspecified atom stereocenters. The zero-order valence-corrected chi connectivity index (χ0v) is 30.1. The first-order valence-electron chi connectivity index (χ1n) is 16.8. The number of aromatic amines is 1. The Kier molecular flexibility index (Phi) is 18.5. The number of unbranched alkanes of at least 4 members (excludes halogenated alkanes) is 1. The number of aromatic nitrogens is 2. The molecule has 1 aromatic heterocycles. The number of amides is 5. The van der Waals surface area contributed by atoms with Crippen LogP contribution in [0.1, 0.15) is 43.4 Å². The highest BCUT2D eigenvalue weighted by atomic mass is 32.1. The van der Waals surface area contributed by atoms with Crippen LogP contribution in [0.25, 0.3) is 0 Å². The largest absolute Gasteiger partial charge is 0.481 e. The van der Waals surface area contributed by atoms with Crippen molar-refractivity contribution in [3.8, 4) is 0 Å². The van der Waals surface area contributed by atoms with Crippen molar-refractivity contribution in [2.24, 2.45) is 11.5 Å². The van der Waals surface area contributed by atoms with E-state index >= 15 is 0 Å². The van der Waals surface area contributed by atoms with Gasteiger partial charge >= 0.3 is 11.9 Å². The second-order valence-electron chi connectivity index (χ2n) is 11.7. The predicted molar refractivity (Wildman–Crippen MR) is 195 cm³/mol. The van der Waals surface area contributed by atoms with Crippen LogP contribution in [0.3, 0.4) is 0 Å². The van der Waals surface area contributed by atoms with Gasteiger partial charge in [-0.05, 0) is 37.8 Å². The van der Waals surface area contributed by atoms with E-state index in [-0.39, 0.29) is 43.3 Å². The van der Waals surface area contributed by atoms with E-state index < -0.39 is 89.9 Å². The Hall–Kier alpha value is -4.66. The second kappa shape index (κ2) is 23.0. The molecule has 2 rings (SSSR count). The highest BCUT2D eigenvalue weighted by Gasteiger charge is 2.33. The fourth-order valence-electron chi connectivity index (χ4n) is 4.76. The minimum absolute atomic E-state index is 0.0358. The van der Waals surface area contributed by atoms with Gasteiger partial charge in [0.1, 0.15) is 30.2 Å². The van der Waals surface area contributed by atoms with Gasteiger partial charge in [-0.1, -0.05) is 30.3 Å². The number of rotatable bonds is 24. The molecular formula is C32H47N9O9S2. The van der Waals surface area contributed by atoms with Gasteiger partial charge in [0.25, 0.3) is 0 Å². The maximum atomic E-state index is 13.8. The van der Waals surface area contributed by atoms with Crippen molar-refractivity contribution < 1.29 is 45.2 Å². The monoisotopic (exact) mass is 766 g/mol. The first kappa shape index (κ1) is 41.8. The lowest BCUT2D eigenvalue weighted by molar-refractivity contribution is -0.142. The zero-order valence-electron chi connectivity index (χ0n) is 29.3. The van der Waals surface area contributed by atoms with Crippen LogP contribution in [0.15, 0.2) is 42.9 Å². The molecule has 0 aliphatic heterocycles. The standard InChI is InChI=1S/C32H47N9O9S2/c33-11-5-4-8-21(28(45)40-24(32(49)50)12-18-6-2-1-3-7-18)38-31(48)25(16-52)41-30(47)23(13-19-14-35-17-36-19)39-29(46)22(9-10-26(42)43)37-27(44)20(34)15-51/h1-3,6-7,14,17,20-25,51-52H,4-5,8-13,15-16,33-34H2,(H,35,36)(H,37,44)(H,38,48)(H,39,46)(H,40,45)(H,41,47)(H,42,43)(H,49,50)/t20-,21-,22-,23-,24-,25-/m0/s1/i/hD. The molecule has 0 saturated carbocycles. The van der Waals surface area contributed by atoms with Crippen molar-refractivity contribution in [2.75, 3.05) is 18.1 Å². The molecule has 18 nitrogen and oxygen atoms in total. The number of carboxylic acids is 2. The number of nitrogens with zero attached hydrogens (tertiary/aromatic N) is 1.